The minimum atomic E-state index is -0.920. The zero-order chi connectivity index (χ0) is 25.3. The van der Waals surface area contributed by atoms with Gasteiger partial charge < -0.3 is 14.2 Å². The maximum atomic E-state index is 12.9. The van der Waals surface area contributed by atoms with Crippen molar-refractivity contribution in [1.29, 1.82) is 0 Å². The molecule has 1 heterocycles. The van der Waals surface area contributed by atoms with Crippen molar-refractivity contribution in [3.05, 3.63) is 0 Å². The van der Waals surface area contributed by atoms with Crippen LogP contribution in [0.25, 0.3) is 0 Å². The third kappa shape index (κ3) is 11.7. The summed E-state index contributed by atoms with van der Waals surface area (Å²) in [5.41, 5.74) is 0. The van der Waals surface area contributed by atoms with E-state index in [0.29, 0.717) is 25.2 Å². The second kappa shape index (κ2) is 17.8. The van der Waals surface area contributed by atoms with E-state index in [9.17, 15) is 14.4 Å². The number of carbonyl (C=O) groups is 3. The molecule has 0 saturated carbocycles. The first-order valence-corrected chi connectivity index (χ1v) is 13.8. The lowest BCUT2D eigenvalue weighted by Crippen LogP contribution is -2.53. The van der Waals surface area contributed by atoms with Gasteiger partial charge in [-0.15, -0.1) is 0 Å². The van der Waals surface area contributed by atoms with Gasteiger partial charge in [0.15, 0.2) is 12.2 Å². The van der Waals surface area contributed by atoms with E-state index in [0.717, 1.165) is 44.9 Å². The normalized spacial score (nSPS) is 20.2. The van der Waals surface area contributed by atoms with Crippen molar-refractivity contribution in [3.63, 3.8) is 0 Å². The predicted molar refractivity (Wildman–Crippen MR) is 134 cm³/mol. The summed E-state index contributed by atoms with van der Waals surface area (Å²) in [6.07, 6.45) is 12.7. The molecule has 1 rings (SSSR count). The molecule has 1 fully saturated rings. The van der Waals surface area contributed by atoms with Crippen molar-refractivity contribution in [2.24, 2.45) is 17.8 Å². The van der Waals surface area contributed by atoms with Crippen LogP contribution in [0.4, 0.5) is 0 Å². The molecule has 0 aromatic carbocycles. The molecule has 0 spiro atoms. The Morgan fingerprint density at radius 1 is 0.941 bits per heavy atom. The van der Waals surface area contributed by atoms with Crippen LogP contribution >= 0.6 is 0 Å². The van der Waals surface area contributed by atoms with Crippen LogP contribution in [0, 0.1) is 17.8 Å². The quantitative estimate of drug-likeness (QED) is 0.0777. The third-order valence-electron chi connectivity index (χ3n) is 6.86. The van der Waals surface area contributed by atoms with Crippen LogP contribution in [0.1, 0.15) is 125 Å². The average Bonchev–Trinajstić information content (AvgIpc) is 2.79. The fraction of sp³-hybridized carbons (Fsp3) is 0.893. The SMILES string of the molecule is CCCCCCC(C)CCCC(OC(=O)C(CC(C)C)OC=O)C1OC(=O)C1CCCCCC. The molecule has 1 aliphatic heterocycles. The lowest BCUT2D eigenvalue weighted by atomic mass is 9.85. The first-order chi connectivity index (χ1) is 16.3. The van der Waals surface area contributed by atoms with Crippen LogP contribution in [0.3, 0.4) is 0 Å². The highest BCUT2D eigenvalue weighted by atomic mass is 16.6. The minimum absolute atomic E-state index is 0.178. The van der Waals surface area contributed by atoms with Crippen molar-refractivity contribution >= 4 is 18.4 Å². The molecule has 6 heteroatoms. The second-order valence-corrected chi connectivity index (χ2v) is 10.6. The maximum absolute atomic E-state index is 12.9. The zero-order valence-electron chi connectivity index (χ0n) is 22.4. The van der Waals surface area contributed by atoms with Crippen molar-refractivity contribution < 1.29 is 28.6 Å². The van der Waals surface area contributed by atoms with E-state index < -0.39 is 24.3 Å². The Bertz CT molecular complexity index is 575. The molecule has 1 aliphatic rings. The highest BCUT2D eigenvalue weighted by Crippen LogP contribution is 2.34. The van der Waals surface area contributed by atoms with Gasteiger partial charge in [0, 0.05) is 0 Å². The maximum Gasteiger partial charge on any atom is 0.347 e. The summed E-state index contributed by atoms with van der Waals surface area (Å²) in [5, 5.41) is 0. The summed E-state index contributed by atoms with van der Waals surface area (Å²) in [7, 11) is 0. The Hall–Kier alpha value is -1.59. The summed E-state index contributed by atoms with van der Waals surface area (Å²) in [6, 6.07) is 0. The first-order valence-electron chi connectivity index (χ1n) is 13.8. The molecular weight excluding hydrogens is 432 g/mol. The van der Waals surface area contributed by atoms with Crippen molar-refractivity contribution in [2.75, 3.05) is 0 Å². The van der Waals surface area contributed by atoms with Crippen LogP contribution in [-0.4, -0.2) is 36.7 Å². The lowest BCUT2D eigenvalue weighted by Gasteiger charge is -2.40. The number of ether oxygens (including phenoxy) is 3. The molecule has 0 aromatic rings. The first kappa shape index (κ1) is 30.4. The number of cyclic esters (lactones) is 1. The molecular formula is C28H50O6. The molecule has 6 nitrogen and oxygen atoms in total. The van der Waals surface area contributed by atoms with Gasteiger partial charge in [-0.1, -0.05) is 98.8 Å². The molecule has 1 saturated heterocycles. The van der Waals surface area contributed by atoms with Gasteiger partial charge in [-0.2, -0.15) is 0 Å². The van der Waals surface area contributed by atoms with E-state index in [-0.39, 0.29) is 17.8 Å². The Morgan fingerprint density at radius 2 is 1.59 bits per heavy atom. The van der Waals surface area contributed by atoms with Gasteiger partial charge in [0.1, 0.15) is 6.10 Å². The van der Waals surface area contributed by atoms with Gasteiger partial charge in [-0.25, -0.2) is 4.79 Å². The third-order valence-corrected chi connectivity index (χ3v) is 6.86. The monoisotopic (exact) mass is 482 g/mol. The molecule has 0 amide bonds. The molecule has 0 N–H and O–H groups in total. The largest absolute Gasteiger partial charge is 0.457 e. The Morgan fingerprint density at radius 3 is 2.18 bits per heavy atom. The van der Waals surface area contributed by atoms with Gasteiger partial charge >= 0.3 is 11.9 Å². The molecule has 198 valence electrons. The number of hydrogen-bond acceptors (Lipinski definition) is 6. The fourth-order valence-corrected chi connectivity index (χ4v) is 4.72. The van der Waals surface area contributed by atoms with E-state index in [1.165, 1.54) is 32.1 Å². The smallest absolute Gasteiger partial charge is 0.347 e. The van der Waals surface area contributed by atoms with Gasteiger partial charge in [-0.3, -0.25) is 9.59 Å². The summed E-state index contributed by atoms with van der Waals surface area (Å²) >= 11 is 0. The molecule has 5 unspecified atom stereocenters. The van der Waals surface area contributed by atoms with Gasteiger partial charge in [0.25, 0.3) is 6.47 Å². The second-order valence-electron chi connectivity index (χ2n) is 10.6. The number of unbranched alkanes of at least 4 members (excludes halogenated alkanes) is 6. The summed E-state index contributed by atoms with van der Waals surface area (Å²) < 4.78 is 16.4. The van der Waals surface area contributed by atoms with Crippen LogP contribution in [-0.2, 0) is 28.6 Å². The van der Waals surface area contributed by atoms with Crippen LogP contribution < -0.4 is 0 Å². The van der Waals surface area contributed by atoms with Crippen molar-refractivity contribution in [3.8, 4) is 0 Å². The van der Waals surface area contributed by atoms with Crippen LogP contribution in [0.15, 0.2) is 0 Å². The Kier molecular flexibility index (Phi) is 15.9. The molecule has 34 heavy (non-hydrogen) atoms. The number of rotatable bonds is 21. The van der Waals surface area contributed by atoms with Gasteiger partial charge in [0.05, 0.1) is 5.92 Å². The number of esters is 2. The van der Waals surface area contributed by atoms with E-state index >= 15 is 0 Å². The molecule has 0 radical (unpaired) electrons. The standard InChI is InChI=1S/C28H50O6/c1-6-8-10-12-15-22(5)16-14-18-24(33-28(31)25(32-20-29)19-21(3)4)26-23(27(30)34-26)17-13-11-9-7-2/h20-26H,6-19H2,1-5H3. The fourth-order valence-electron chi connectivity index (χ4n) is 4.72. The highest BCUT2D eigenvalue weighted by Gasteiger charge is 2.48. The summed E-state index contributed by atoms with van der Waals surface area (Å²) in [5.74, 6) is -0.135. The van der Waals surface area contributed by atoms with Gasteiger partial charge in [0.2, 0.25) is 0 Å². The Balaban J connectivity index is 2.73. The zero-order valence-corrected chi connectivity index (χ0v) is 22.4. The van der Waals surface area contributed by atoms with E-state index in [2.05, 4.69) is 20.8 Å². The Labute approximate surface area is 207 Å². The van der Waals surface area contributed by atoms with Crippen LogP contribution in [0.2, 0.25) is 0 Å². The lowest BCUT2D eigenvalue weighted by molar-refractivity contribution is -0.209. The van der Waals surface area contributed by atoms with E-state index in [4.69, 9.17) is 14.2 Å². The van der Waals surface area contributed by atoms with Gasteiger partial charge in [-0.05, 0) is 37.5 Å². The topological polar surface area (TPSA) is 78.9 Å². The average molecular weight is 483 g/mol. The molecule has 0 bridgehead atoms. The highest BCUT2D eigenvalue weighted by molar-refractivity contribution is 5.79. The van der Waals surface area contributed by atoms with E-state index in [1.807, 2.05) is 13.8 Å². The molecule has 0 aromatic heterocycles. The molecule has 0 aliphatic carbocycles. The van der Waals surface area contributed by atoms with E-state index in [1.54, 1.807) is 0 Å². The number of carbonyl (C=O) groups excluding carboxylic acids is 3. The minimum Gasteiger partial charge on any atom is -0.457 e. The predicted octanol–water partition coefficient (Wildman–Crippen LogP) is 6.77. The molecule has 5 atom stereocenters. The summed E-state index contributed by atoms with van der Waals surface area (Å²) in [4.78, 5) is 36.0. The van der Waals surface area contributed by atoms with Crippen LogP contribution in [0.5, 0.6) is 0 Å². The van der Waals surface area contributed by atoms with Crippen molar-refractivity contribution in [1.82, 2.24) is 0 Å². The summed E-state index contributed by atoms with van der Waals surface area (Å²) in [6.45, 7) is 10.9. The van der Waals surface area contributed by atoms with Crippen molar-refractivity contribution in [2.45, 2.75) is 143 Å². The number of hydrogen-bond donors (Lipinski definition) is 0.